The summed E-state index contributed by atoms with van der Waals surface area (Å²) in [6.07, 6.45) is 18.6. The van der Waals surface area contributed by atoms with Crippen LogP contribution in [0.4, 0.5) is 0 Å². The zero-order valence-electron chi connectivity index (χ0n) is 26.4. The van der Waals surface area contributed by atoms with Gasteiger partial charge in [-0.15, -0.1) is 0 Å². The highest BCUT2D eigenvalue weighted by atomic mass is 14.9. The van der Waals surface area contributed by atoms with Gasteiger partial charge >= 0.3 is 0 Å². The molecule has 15 aliphatic rings. The molecule has 42 heavy (non-hydrogen) atoms. The lowest BCUT2D eigenvalue weighted by atomic mass is 9.51. The molecule has 0 heteroatoms. The second kappa shape index (κ2) is 6.43. The molecule has 0 N–H and O–H groups in total. The first-order valence-corrected chi connectivity index (χ1v) is 20.6. The first-order valence-electron chi connectivity index (χ1n) is 20.6. The highest BCUT2D eigenvalue weighted by Gasteiger charge is 2.83. The van der Waals surface area contributed by atoms with E-state index in [1.807, 2.05) is 0 Å². The van der Waals surface area contributed by atoms with Crippen LogP contribution in [0, 0.1) is 171 Å². The minimum atomic E-state index is 0.672. The zero-order valence-corrected chi connectivity index (χ0v) is 26.4. The lowest BCUT2D eigenvalue weighted by Gasteiger charge is -2.53. The summed E-state index contributed by atoms with van der Waals surface area (Å²) < 4.78 is 0. The van der Waals surface area contributed by atoms with Crippen LogP contribution in [-0.2, 0) is 0 Å². The summed E-state index contributed by atoms with van der Waals surface area (Å²) in [6, 6.07) is 0. The Balaban J connectivity index is 0.813. The third kappa shape index (κ3) is 1.92. The second-order valence-corrected chi connectivity index (χ2v) is 22.3. The molecule has 0 aromatic rings. The zero-order chi connectivity index (χ0) is 26.4. The van der Waals surface area contributed by atoms with Gasteiger partial charge in [0.2, 0.25) is 0 Å². The summed E-state index contributed by atoms with van der Waals surface area (Å²) in [5.41, 5.74) is 0.672. The molecule has 0 saturated heterocycles. The van der Waals surface area contributed by atoms with Crippen molar-refractivity contribution in [2.24, 2.45) is 171 Å². The monoisotopic (exact) mass is 560 g/mol. The third-order valence-corrected chi connectivity index (χ3v) is 23.0. The summed E-state index contributed by atoms with van der Waals surface area (Å²) in [6.45, 7) is 5.84. The molecule has 0 aromatic heterocycles. The molecule has 14 bridgehead atoms. The molecule has 0 spiro atoms. The van der Waals surface area contributed by atoms with E-state index in [9.17, 15) is 0 Å². The Morgan fingerprint density at radius 3 is 0.905 bits per heavy atom. The Labute approximate surface area is 255 Å². The highest BCUT2D eigenvalue weighted by Crippen LogP contribution is 2.88. The van der Waals surface area contributed by atoms with Crippen molar-refractivity contribution in [1.29, 1.82) is 0 Å². The molecule has 15 aliphatic carbocycles. The summed E-state index contributed by atoms with van der Waals surface area (Å²) >= 11 is 0. The molecule has 0 aliphatic heterocycles. The summed E-state index contributed by atoms with van der Waals surface area (Å²) in [7, 11) is 0. The van der Waals surface area contributed by atoms with Crippen LogP contribution in [0.3, 0.4) is 0 Å². The van der Waals surface area contributed by atoms with Gasteiger partial charge in [0.25, 0.3) is 0 Å². The minimum absolute atomic E-state index is 0.672. The maximum atomic E-state index is 2.92. The number of hydrogen-bond acceptors (Lipinski definition) is 0. The summed E-state index contributed by atoms with van der Waals surface area (Å²) in [4.78, 5) is 0. The molecular weight excluding hydrogens is 504 g/mol. The van der Waals surface area contributed by atoms with Crippen LogP contribution in [0.5, 0.6) is 0 Å². The van der Waals surface area contributed by atoms with Crippen LogP contribution in [0.15, 0.2) is 0 Å². The van der Waals surface area contributed by atoms with Gasteiger partial charge in [0.05, 0.1) is 0 Å². The predicted octanol–water partition coefficient (Wildman–Crippen LogP) is 8.76. The van der Waals surface area contributed by atoms with Gasteiger partial charge < -0.3 is 0 Å². The highest BCUT2D eigenvalue weighted by molar-refractivity contribution is 5.31. The first kappa shape index (κ1) is 22.5. The van der Waals surface area contributed by atoms with Crippen LogP contribution >= 0.6 is 0 Å². The average molecular weight is 561 g/mol. The number of rotatable bonds is 0. The largest absolute Gasteiger partial charge is 0.0593 e. The van der Waals surface area contributed by atoms with E-state index in [4.69, 9.17) is 0 Å². The van der Waals surface area contributed by atoms with E-state index in [2.05, 4.69) is 13.8 Å². The predicted molar refractivity (Wildman–Crippen MR) is 162 cm³/mol. The van der Waals surface area contributed by atoms with E-state index in [1.54, 1.807) is 70.6 Å². The van der Waals surface area contributed by atoms with Crippen LogP contribution in [0.1, 0.15) is 84.5 Å². The Morgan fingerprint density at radius 2 is 0.548 bits per heavy atom. The Morgan fingerprint density at radius 1 is 0.286 bits per heavy atom. The van der Waals surface area contributed by atoms with Crippen molar-refractivity contribution < 1.29 is 0 Å². The van der Waals surface area contributed by atoms with Crippen molar-refractivity contribution in [2.45, 2.75) is 84.5 Å². The fourth-order valence-corrected chi connectivity index (χ4v) is 24.3. The van der Waals surface area contributed by atoms with Crippen molar-refractivity contribution in [3.8, 4) is 0 Å². The van der Waals surface area contributed by atoms with Crippen LogP contribution < -0.4 is 0 Å². The Kier molecular flexibility index (Phi) is 3.45. The normalized spacial score (nSPS) is 80.7. The van der Waals surface area contributed by atoms with E-state index in [0.717, 1.165) is 11.8 Å². The van der Waals surface area contributed by atoms with Gasteiger partial charge in [-0.05, 0) is 242 Å². The van der Waals surface area contributed by atoms with Gasteiger partial charge in [0, 0.05) is 0 Å². The fraction of sp³-hybridized carbons (Fsp3) is 1.00. The van der Waals surface area contributed by atoms with Crippen molar-refractivity contribution in [2.75, 3.05) is 0 Å². The molecule has 15 rings (SSSR count). The molecule has 28 unspecified atom stereocenters. The first-order chi connectivity index (χ1) is 20.6. The van der Waals surface area contributed by atoms with Crippen molar-refractivity contribution in [3.63, 3.8) is 0 Å². The standard InChI is InChI=1S/C42H56/c1-42(2)40-26-12-24(34-20-10-21(36(26)34)31-17-6-5-16(8-17)30(20)31)38(40)39-25-13-27(41(39)42)37-23-11-22(35(25)37)32-18-9-19(33(23)32)29-15-4-3-14(7-15)28(18)29/h14-41H,3-13H2,1-2H3. The van der Waals surface area contributed by atoms with Gasteiger partial charge in [0.15, 0.2) is 0 Å². The summed E-state index contributed by atoms with van der Waals surface area (Å²) in [5.74, 6) is 33.9. The quantitative estimate of drug-likeness (QED) is 0.260. The van der Waals surface area contributed by atoms with Gasteiger partial charge in [-0.3, -0.25) is 0 Å². The fourth-order valence-electron chi connectivity index (χ4n) is 24.3. The topological polar surface area (TPSA) is 0 Å². The SMILES string of the molecule is CC1(C)C2C3CC(C4C5CC(C6C7CCC(C7)C56)C34)C2C2C3CC(C4C5CC(C6C7CC(C8C9CCC(C9)C78)C56)C34)C21. The van der Waals surface area contributed by atoms with Gasteiger partial charge in [0.1, 0.15) is 0 Å². The Bertz CT molecular complexity index is 1340. The lowest BCUT2D eigenvalue weighted by molar-refractivity contribution is -0.0638. The molecule has 0 amide bonds. The second-order valence-electron chi connectivity index (χ2n) is 22.3. The lowest BCUT2D eigenvalue weighted by Crippen LogP contribution is -2.50. The molecule has 224 valence electrons. The minimum Gasteiger partial charge on any atom is -0.0593 e. The smallest absolute Gasteiger partial charge is 0.0286 e. The van der Waals surface area contributed by atoms with Crippen LogP contribution in [0.2, 0.25) is 0 Å². The van der Waals surface area contributed by atoms with Crippen LogP contribution in [0.25, 0.3) is 0 Å². The van der Waals surface area contributed by atoms with E-state index >= 15 is 0 Å². The maximum absolute atomic E-state index is 2.92. The molecule has 28 atom stereocenters. The van der Waals surface area contributed by atoms with Crippen molar-refractivity contribution in [1.82, 2.24) is 0 Å². The van der Waals surface area contributed by atoms with E-state index in [0.29, 0.717) is 5.41 Å². The van der Waals surface area contributed by atoms with E-state index in [1.165, 1.54) is 154 Å². The molecular formula is C42H56. The summed E-state index contributed by atoms with van der Waals surface area (Å²) in [5, 5.41) is 0. The van der Waals surface area contributed by atoms with Crippen molar-refractivity contribution in [3.05, 3.63) is 0 Å². The average Bonchev–Trinajstić information content (AvgIpc) is 3.86. The third-order valence-electron chi connectivity index (χ3n) is 23.0. The molecule has 0 aromatic carbocycles. The molecule has 0 nitrogen and oxygen atoms in total. The van der Waals surface area contributed by atoms with Gasteiger partial charge in [-0.25, -0.2) is 0 Å². The van der Waals surface area contributed by atoms with Gasteiger partial charge in [-0.1, -0.05) is 13.8 Å². The molecule has 0 radical (unpaired) electrons. The van der Waals surface area contributed by atoms with E-state index in [-0.39, 0.29) is 0 Å². The van der Waals surface area contributed by atoms with Crippen LogP contribution in [-0.4, -0.2) is 0 Å². The van der Waals surface area contributed by atoms with Crippen molar-refractivity contribution >= 4 is 0 Å². The molecule has 0 heterocycles. The Hall–Kier alpha value is 0. The number of hydrogen-bond donors (Lipinski definition) is 0. The van der Waals surface area contributed by atoms with E-state index < -0.39 is 0 Å². The number of fused-ring (bicyclic) bond motifs is 46. The molecule has 15 fully saturated rings. The maximum Gasteiger partial charge on any atom is -0.0286 e. The molecule has 15 saturated carbocycles. The van der Waals surface area contributed by atoms with Gasteiger partial charge in [-0.2, -0.15) is 0 Å².